The van der Waals surface area contributed by atoms with Gasteiger partial charge in [-0.05, 0) is 43.0 Å². The molecule has 1 fully saturated rings. The molecule has 154 valence electrons. The number of hydrogen-bond donors (Lipinski definition) is 2. The van der Waals surface area contributed by atoms with E-state index in [1.165, 1.54) is 6.08 Å². The van der Waals surface area contributed by atoms with E-state index >= 15 is 0 Å². The minimum atomic E-state index is -0.801. The zero-order valence-corrected chi connectivity index (χ0v) is 17.2. The van der Waals surface area contributed by atoms with Gasteiger partial charge in [-0.1, -0.05) is 38.7 Å². The van der Waals surface area contributed by atoms with Crippen LogP contribution in [0, 0.1) is 0 Å². The molecule has 2 N–H and O–H groups in total. The fourth-order valence-corrected chi connectivity index (χ4v) is 3.52. The Bertz CT molecular complexity index is 694. The molecule has 6 heteroatoms. The molecule has 2 amide bonds. The van der Waals surface area contributed by atoms with Crippen LogP contribution in [0.4, 0.5) is 0 Å². The van der Waals surface area contributed by atoms with Crippen molar-refractivity contribution in [1.29, 1.82) is 0 Å². The summed E-state index contributed by atoms with van der Waals surface area (Å²) in [6.07, 6.45) is 9.49. The standard InChI is InChI=1S/C22H32N2O4/c1-4-5-15-23-21(26)22(13-7-6-8-14-22)24-20(25)12-10-17-9-11-18(27-2)19(16-17)28-3/h9-12,16H,4-8,13-15H2,1-3H3,(H,23,26)(H,24,25)/b12-10+. The maximum atomic E-state index is 12.8. The Morgan fingerprint density at radius 1 is 1.11 bits per heavy atom. The van der Waals surface area contributed by atoms with E-state index in [0.29, 0.717) is 30.9 Å². The topological polar surface area (TPSA) is 76.7 Å². The monoisotopic (exact) mass is 388 g/mol. The Labute approximate surface area is 167 Å². The summed E-state index contributed by atoms with van der Waals surface area (Å²) in [5.74, 6) is 0.911. The molecule has 0 aromatic heterocycles. The van der Waals surface area contributed by atoms with Gasteiger partial charge in [-0.3, -0.25) is 9.59 Å². The van der Waals surface area contributed by atoms with Gasteiger partial charge < -0.3 is 20.1 Å². The molecule has 1 aliphatic rings. The van der Waals surface area contributed by atoms with Crippen molar-refractivity contribution >= 4 is 17.9 Å². The number of unbranched alkanes of at least 4 members (excludes halogenated alkanes) is 1. The number of methoxy groups -OCH3 is 2. The van der Waals surface area contributed by atoms with Crippen molar-refractivity contribution in [2.75, 3.05) is 20.8 Å². The number of carbonyl (C=O) groups is 2. The van der Waals surface area contributed by atoms with Gasteiger partial charge in [-0.2, -0.15) is 0 Å². The first-order chi connectivity index (χ1) is 13.5. The third-order valence-electron chi connectivity index (χ3n) is 5.15. The molecular weight excluding hydrogens is 356 g/mol. The van der Waals surface area contributed by atoms with Crippen LogP contribution in [0.2, 0.25) is 0 Å². The van der Waals surface area contributed by atoms with Crippen molar-refractivity contribution < 1.29 is 19.1 Å². The third kappa shape index (κ3) is 5.75. The van der Waals surface area contributed by atoms with Crippen LogP contribution in [-0.4, -0.2) is 38.1 Å². The summed E-state index contributed by atoms with van der Waals surface area (Å²) in [4.78, 5) is 25.3. The Hall–Kier alpha value is -2.50. The lowest BCUT2D eigenvalue weighted by molar-refractivity contribution is -0.133. The average Bonchev–Trinajstić information content (AvgIpc) is 2.72. The number of hydrogen-bond acceptors (Lipinski definition) is 4. The van der Waals surface area contributed by atoms with Crippen LogP contribution in [0.25, 0.3) is 6.08 Å². The first-order valence-electron chi connectivity index (χ1n) is 10.0. The Kier molecular flexibility index (Phi) is 8.36. The summed E-state index contributed by atoms with van der Waals surface area (Å²) < 4.78 is 10.5. The Morgan fingerprint density at radius 2 is 1.82 bits per heavy atom. The fraction of sp³-hybridized carbons (Fsp3) is 0.545. The van der Waals surface area contributed by atoms with Crippen molar-refractivity contribution in [3.05, 3.63) is 29.8 Å². The molecule has 1 aliphatic carbocycles. The molecule has 0 saturated heterocycles. The molecule has 0 heterocycles. The van der Waals surface area contributed by atoms with Gasteiger partial charge in [0.2, 0.25) is 11.8 Å². The maximum Gasteiger partial charge on any atom is 0.245 e. The van der Waals surface area contributed by atoms with Crippen molar-refractivity contribution in [2.45, 2.75) is 57.4 Å². The number of nitrogens with one attached hydrogen (secondary N) is 2. The second-order valence-electron chi connectivity index (χ2n) is 7.19. The predicted molar refractivity (Wildman–Crippen MR) is 110 cm³/mol. The molecule has 0 radical (unpaired) electrons. The quantitative estimate of drug-likeness (QED) is 0.502. The van der Waals surface area contributed by atoms with Crippen molar-refractivity contribution in [1.82, 2.24) is 10.6 Å². The molecule has 6 nitrogen and oxygen atoms in total. The first-order valence-corrected chi connectivity index (χ1v) is 10.0. The zero-order chi connectivity index (χ0) is 20.4. The highest BCUT2D eigenvalue weighted by Gasteiger charge is 2.40. The summed E-state index contributed by atoms with van der Waals surface area (Å²) in [6.45, 7) is 2.73. The Balaban J connectivity index is 2.06. The minimum Gasteiger partial charge on any atom is -0.493 e. The van der Waals surface area contributed by atoms with E-state index in [2.05, 4.69) is 17.6 Å². The Morgan fingerprint density at radius 3 is 2.46 bits per heavy atom. The van der Waals surface area contributed by atoms with Gasteiger partial charge in [-0.25, -0.2) is 0 Å². The van der Waals surface area contributed by atoms with Gasteiger partial charge in [-0.15, -0.1) is 0 Å². The highest BCUT2D eigenvalue weighted by Crippen LogP contribution is 2.29. The van der Waals surface area contributed by atoms with Crippen LogP contribution < -0.4 is 20.1 Å². The van der Waals surface area contributed by atoms with Gasteiger partial charge in [0.25, 0.3) is 0 Å². The molecule has 0 atom stereocenters. The zero-order valence-electron chi connectivity index (χ0n) is 17.2. The van der Waals surface area contributed by atoms with Crippen LogP contribution in [-0.2, 0) is 9.59 Å². The highest BCUT2D eigenvalue weighted by atomic mass is 16.5. The molecule has 2 rings (SSSR count). The van der Waals surface area contributed by atoms with Crippen molar-refractivity contribution in [3.8, 4) is 11.5 Å². The number of ether oxygens (including phenoxy) is 2. The summed E-state index contributed by atoms with van der Waals surface area (Å²) in [5, 5.41) is 5.98. The van der Waals surface area contributed by atoms with Crippen LogP contribution in [0.1, 0.15) is 57.4 Å². The number of amides is 2. The van der Waals surface area contributed by atoms with Crippen LogP contribution in [0.5, 0.6) is 11.5 Å². The molecule has 1 aromatic rings. The summed E-state index contributed by atoms with van der Waals surface area (Å²) >= 11 is 0. The van der Waals surface area contributed by atoms with Crippen molar-refractivity contribution in [2.24, 2.45) is 0 Å². The largest absolute Gasteiger partial charge is 0.493 e. The third-order valence-corrected chi connectivity index (χ3v) is 5.15. The predicted octanol–water partition coefficient (Wildman–Crippen LogP) is 3.45. The van der Waals surface area contributed by atoms with Crippen LogP contribution in [0.3, 0.4) is 0 Å². The number of carbonyl (C=O) groups excluding carboxylic acids is 2. The highest BCUT2D eigenvalue weighted by molar-refractivity contribution is 5.97. The van der Waals surface area contributed by atoms with Gasteiger partial charge in [0.15, 0.2) is 11.5 Å². The first kappa shape index (κ1) is 21.8. The van der Waals surface area contributed by atoms with E-state index < -0.39 is 5.54 Å². The van der Waals surface area contributed by atoms with Gasteiger partial charge in [0, 0.05) is 12.6 Å². The van der Waals surface area contributed by atoms with Crippen molar-refractivity contribution in [3.63, 3.8) is 0 Å². The summed E-state index contributed by atoms with van der Waals surface area (Å²) in [5.41, 5.74) is 0.0169. The maximum absolute atomic E-state index is 12.8. The lowest BCUT2D eigenvalue weighted by atomic mass is 9.80. The van der Waals surface area contributed by atoms with E-state index in [9.17, 15) is 9.59 Å². The SMILES string of the molecule is CCCCNC(=O)C1(NC(=O)/C=C/c2ccc(OC)c(OC)c2)CCCCC1. The number of benzene rings is 1. The second-order valence-corrected chi connectivity index (χ2v) is 7.19. The van der Waals surface area contributed by atoms with E-state index in [1.54, 1.807) is 32.4 Å². The molecular formula is C22H32N2O4. The molecule has 0 unspecified atom stereocenters. The van der Waals surface area contributed by atoms with Gasteiger partial charge in [0.05, 0.1) is 14.2 Å². The van der Waals surface area contributed by atoms with E-state index in [0.717, 1.165) is 37.7 Å². The number of rotatable bonds is 9. The molecule has 1 saturated carbocycles. The molecule has 0 bridgehead atoms. The van der Waals surface area contributed by atoms with E-state index in [-0.39, 0.29) is 11.8 Å². The van der Waals surface area contributed by atoms with E-state index in [1.807, 2.05) is 6.07 Å². The summed E-state index contributed by atoms with van der Waals surface area (Å²) in [7, 11) is 3.15. The molecule has 1 aromatic carbocycles. The lowest BCUT2D eigenvalue weighted by Crippen LogP contribution is -2.59. The van der Waals surface area contributed by atoms with Crippen LogP contribution >= 0.6 is 0 Å². The second kappa shape index (κ2) is 10.7. The van der Waals surface area contributed by atoms with E-state index in [4.69, 9.17) is 9.47 Å². The molecule has 28 heavy (non-hydrogen) atoms. The normalized spacial score (nSPS) is 15.8. The molecule has 0 aliphatic heterocycles. The van der Waals surface area contributed by atoms with Crippen LogP contribution in [0.15, 0.2) is 24.3 Å². The smallest absolute Gasteiger partial charge is 0.245 e. The van der Waals surface area contributed by atoms with Gasteiger partial charge >= 0.3 is 0 Å². The summed E-state index contributed by atoms with van der Waals surface area (Å²) in [6, 6.07) is 5.44. The van der Waals surface area contributed by atoms with Gasteiger partial charge in [0.1, 0.15) is 5.54 Å². The minimum absolute atomic E-state index is 0.0616. The lowest BCUT2D eigenvalue weighted by Gasteiger charge is -2.36. The molecule has 0 spiro atoms. The fourth-order valence-electron chi connectivity index (χ4n) is 3.52. The average molecular weight is 389 g/mol.